The van der Waals surface area contributed by atoms with Crippen molar-refractivity contribution in [3.8, 4) is 0 Å². The second-order valence-corrected chi connectivity index (χ2v) is 6.11. The number of sulfonamides is 1. The largest absolute Gasteiger partial charge is 0.316 e. The molecule has 0 unspecified atom stereocenters. The highest BCUT2D eigenvalue weighted by Gasteiger charge is 2.22. The van der Waals surface area contributed by atoms with Crippen LogP contribution in [0.1, 0.15) is 32.6 Å². The van der Waals surface area contributed by atoms with Gasteiger partial charge in [0.05, 0.1) is 5.75 Å². The van der Waals surface area contributed by atoms with E-state index < -0.39 is 10.0 Å². The van der Waals surface area contributed by atoms with Gasteiger partial charge in [-0.15, -0.1) is 0 Å². The molecular formula is C10H22N2O2S. The maximum atomic E-state index is 11.8. The molecule has 1 rings (SSSR count). The van der Waals surface area contributed by atoms with Crippen LogP contribution in [0.5, 0.6) is 0 Å². The minimum atomic E-state index is -2.99. The summed E-state index contributed by atoms with van der Waals surface area (Å²) in [5, 5.41) is 3.12. The monoisotopic (exact) mass is 234 g/mol. The molecule has 0 aromatic heterocycles. The van der Waals surface area contributed by atoms with Crippen molar-refractivity contribution in [2.24, 2.45) is 0 Å². The summed E-state index contributed by atoms with van der Waals surface area (Å²) in [5.41, 5.74) is 0. The molecule has 0 spiro atoms. The van der Waals surface area contributed by atoms with Gasteiger partial charge in [-0.3, -0.25) is 0 Å². The van der Waals surface area contributed by atoms with Crippen molar-refractivity contribution in [3.05, 3.63) is 0 Å². The second-order valence-electron chi connectivity index (χ2n) is 4.03. The van der Waals surface area contributed by atoms with Crippen molar-refractivity contribution in [1.82, 2.24) is 9.62 Å². The van der Waals surface area contributed by atoms with Crippen LogP contribution in [0, 0.1) is 0 Å². The Labute approximate surface area is 93.1 Å². The zero-order valence-electron chi connectivity index (χ0n) is 9.54. The molecule has 0 amide bonds. The average molecular weight is 234 g/mol. The molecule has 0 aromatic rings. The average Bonchev–Trinajstić information content (AvgIpc) is 2.26. The molecule has 1 N–H and O–H groups in total. The number of nitrogens with zero attached hydrogens (tertiary/aromatic N) is 1. The highest BCUT2D eigenvalue weighted by molar-refractivity contribution is 7.89. The summed E-state index contributed by atoms with van der Waals surface area (Å²) in [6, 6.07) is 0. The van der Waals surface area contributed by atoms with E-state index in [1.54, 1.807) is 4.31 Å². The normalized spacial score (nSPS) is 19.3. The minimum absolute atomic E-state index is 0.243. The molecule has 0 bridgehead atoms. The number of rotatable bonds is 6. The Bertz CT molecular complexity index is 259. The van der Waals surface area contributed by atoms with Crippen LogP contribution < -0.4 is 5.32 Å². The van der Waals surface area contributed by atoms with Crippen molar-refractivity contribution < 1.29 is 8.42 Å². The van der Waals surface area contributed by atoms with E-state index >= 15 is 0 Å². The molecule has 1 fully saturated rings. The van der Waals surface area contributed by atoms with Gasteiger partial charge in [0.2, 0.25) is 10.0 Å². The SMILES string of the molecule is CCCNCCS(=O)(=O)N1CCCCC1. The van der Waals surface area contributed by atoms with Gasteiger partial charge >= 0.3 is 0 Å². The molecule has 15 heavy (non-hydrogen) atoms. The Morgan fingerprint density at radius 3 is 2.40 bits per heavy atom. The summed E-state index contributed by atoms with van der Waals surface area (Å²) in [6.45, 7) is 4.99. The standard InChI is InChI=1S/C10H22N2O2S/c1-2-6-11-7-10-15(13,14)12-8-4-3-5-9-12/h11H,2-10H2,1H3. The van der Waals surface area contributed by atoms with Gasteiger partial charge in [0.25, 0.3) is 0 Å². The van der Waals surface area contributed by atoms with E-state index in [4.69, 9.17) is 0 Å². The first-order chi connectivity index (χ1) is 7.17. The molecule has 1 saturated heterocycles. The molecule has 0 aliphatic carbocycles. The Kier molecular flexibility index (Phi) is 5.56. The van der Waals surface area contributed by atoms with Gasteiger partial charge < -0.3 is 5.32 Å². The fourth-order valence-corrected chi connectivity index (χ4v) is 3.25. The molecule has 4 nitrogen and oxygen atoms in total. The smallest absolute Gasteiger partial charge is 0.215 e. The van der Waals surface area contributed by atoms with E-state index in [0.29, 0.717) is 6.54 Å². The number of piperidine rings is 1. The molecule has 0 radical (unpaired) electrons. The van der Waals surface area contributed by atoms with E-state index in [1.807, 2.05) is 0 Å². The Hall–Kier alpha value is -0.130. The fourth-order valence-electron chi connectivity index (χ4n) is 1.78. The number of hydrogen-bond donors (Lipinski definition) is 1. The second kappa shape index (κ2) is 6.45. The lowest BCUT2D eigenvalue weighted by Crippen LogP contribution is -2.39. The van der Waals surface area contributed by atoms with Crippen LogP contribution in [-0.4, -0.2) is 44.7 Å². The Morgan fingerprint density at radius 2 is 1.80 bits per heavy atom. The Morgan fingerprint density at radius 1 is 1.13 bits per heavy atom. The summed E-state index contributed by atoms with van der Waals surface area (Å²) in [7, 11) is -2.99. The number of hydrogen-bond acceptors (Lipinski definition) is 3. The van der Waals surface area contributed by atoms with Crippen LogP contribution in [0.2, 0.25) is 0 Å². The molecule has 5 heteroatoms. The first-order valence-electron chi connectivity index (χ1n) is 5.85. The number of nitrogens with one attached hydrogen (secondary N) is 1. The maximum absolute atomic E-state index is 11.8. The third kappa shape index (κ3) is 4.49. The van der Waals surface area contributed by atoms with E-state index in [-0.39, 0.29) is 5.75 Å². The predicted molar refractivity (Wildman–Crippen MR) is 62.4 cm³/mol. The summed E-state index contributed by atoms with van der Waals surface area (Å²) < 4.78 is 25.3. The van der Waals surface area contributed by atoms with Crippen molar-refractivity contribution in [1.29, 1.82) is 0 Å². The molecule has 1 aliphatic rings. The van der Waals surface area contributed by atoms with Crippen LogP contribution in [-0.2, 0) is 10.0 Å². The first kappa shape index (κ1) is 12.9. The lowest BCUT2D eigenvalue weighted by molar-refractivity contribution is 0.346. The van der Waals surface area contributed by atoms with Crippen LogP contribution in [0.4, 0.5) is 0 Å². The van der Waals surface area contributed by atoms with Crippen molar-refractivity contribution >= 4 is 10.0 Å². The van der Waals surface area contributed by atoms with Gasteiger partial charge in [-0.2, -0.15) is 0 Å². The van der Waals surface area contributed by atoms with Crippen molar-refractivity contribution in [2.75, 3.05) is 31.9 Å². The third-order valence-corrected chi connectivity index (χ3v) is 4.54. The summed E-state index contributed by atoms with van der Waals surface area (Å²) in [6.07, 6.45) is 4.24. The molecule has 0 atom stereocenters. The molecular weight excluding hydrogens is 212 g/mol. The van der Waals surface area contributed by atoms with Gasteiger partial charge in [-0.05, 0) is 25.8 Å². The molecule has 1 heterocycles. The predicted octanol–water partition coefficient (Wildman–Crippen LogP) is 0.802. The molecule has 1 aliphatic heterocycles. The van der Waals surface area contributed by atoms with E-state index in [9.17, 15) is 8.42 Å². The van der Waals surface area contributed by atoms with Gasteiger partial charge in [-0.25, -0.2) is 12.7 Å². The highest BCUT2D eigenvalue weighted by Crippen LogP contribution is 2.12. The van der Waals surface area contributed by atoms with Crippen LogP contribution in [0.25, 0.3) is 0 Å². The van der Waals surface area contributed by atoms with Crippen LogP contribution >= 0.6 is 0 Å². The van der Waals surface area contributed by atoms with Gasteiger partial charge in [0.15, 0.2) is 0 Å². The lowest BCUT2D eigenvalue weighted by Gasteiger charge is -2.25. The van der Waals surface area contributed by atoms with E-state index in [0.717, 1.165) is 38.9 Å². The van der Waals surface area contributed by atoms with E-state index in [2.05, 4.69) is 12.2 Å². The summed E-state index contributed by atoms with van der Waals surface area (Å²) >= 11 is 0. The minimum Gasteiger partial charge on any atom is -0.316 e. The summed E-state index contributed by atoms with van der Waals surface area (Å²) in [5.74, 6) is 0.243. The van der Waals surface area contributed by atoms with Crippen LogP contribution in [0.15, 0.2) is 0 Å². The first-order valence-corrected chi connectivity index (χ1v) is 7.46. The van der Waals surface area contributed by atoms with Crippen molar-refractivity contribution in [2.45, 2.75) is 32.6 Å². The third-order valence-electron chi connectivity index (χ3n) is 2.67. The van der Waals surface area contributed by atoms with Gasteiger partial charge in [-0.1, -0.05) is 13.3 Å². The molecule has 90 valence electrons. The zero-order chi connectivity index (χ0) is 11.1. The topological polar surface area (TPSA) is 49.4 Å². The van der Waals surface area contributed by atoms with Crippen LogP contribution in [0.3, 0.4) is 0 Å². The van der Waals surface area contributed by atoms with E-state index in [1.165, 1.54) is 6.42 Å². The zero-order valence-corrected chi connectivity index (χ0v) is 10.4. The quantitative estimate of drug-likeness (QED) is 0.692. The van der Waals surface area contributed by atoms with Gasteiger partial charge in [0.1, 0.15) is 0 Å². The Balaban J connectivity index is 2.30. The lowest BCUT2D eigenvalue weighted by atomic mass is 10.2. The maximum Gasteiger partial charge on any atom is 0.215 e. The molecule has 0 saturated carbocycles. The fraction of sp³-hybridized carbons (Fsp3) is 1.00. The van der Waals surface area contributed by atoms with Crippen molar-refractivity contribution in [3.63, 3.8) is 0 Å². The summed E-state index contributed by atoms with van der Waals surface area (Å²) in [4.78, 5) is 0. The van der Waals surface area contributed by atoms with Gasteiger partial charge in [0, 0.05) is 19.6 Å². The molecule has 0 aromatic carbocycles. The highest BCUT2D eigenvalue weighted by atomic mass is 32.2.